The first-order valence-electron chi connectivity index (χ1n) is 10.2. The first kappa shape index (κ1) is 21.1. The van der Waals surface area contributed by atoms with Crippen LogP contribution < -0.4 is 10.9 Å². The van der Waals surface area contributed by atoms with Gasteiger partial charge in [0.1, 0.15) is 0 Å². The van der Waals surface area contributed by atoms with E-state index in [9.17, 15) is 9.59 Å². The van der Waals surface area contributed by atoms with E-state index in [1.165, 1.54) is 11.8 Å². The molecule has 4 aromatic rings. The molecule has 0 bridgehead atoms. The van der Waals surface area contributed by atoms with Crippen LogP contribution in [0.15, 0.2) is 52.4 Å². The molecule has 0 saturated carbocycles. The SMILES string of the molecule is Cc1ccc(NC(=O)CSc2nnc3n(CC(C)C)c(=O)c4ccccc4n23)c(C)c1. The maximum absolute atomic E-state index is 13.0. The molecule has 0 spiro atoms. The van der Waals surface area contributed by atoms with Crippen molar-refractivity contribution in [1.29, 1.82) is 0 Å². The maximum atomic E-state index is 13.0. The number of hydrogen-bond acceptors (Lipinski definition) is 5. The zero-order chi connectivity index (χ0) is 22.1. The lowest BCUT2D eigenvalue weighted by Gasteiger charge is -2.13. The highest BCUT2D eigenvalue weighted by Gasteiger charge is 2.18. The Morgan fingerprint density at radius 2 is 1.90 bits per heavy atom. The van der Waals surface area contributed by atoms with Crippen LogP contribution in [-0.4, -0.2) is 30.8 Å². The summed E-state index contributed by atoms with van der Waals surface area (Å²) in [5.41, 5.74) is 3.64. The molecule has 0 aliphatic rings. The number of benzene rings is 2. The van der Waals surface area contributed by atoms with Crippen LogP contribution in [-0.2, 0) is 11.3 Å². The molecule has 0 fully saturated rings. The average Bonchev–Trinajstić information content (AvgIpc) is 3.15. The summed E-state index contributed by atoms with van der Waals surface area (Å²) in [6.45, 7) is 8.65. The second-order valence-corrected chi connectivity index (χ2v) is 9.04. The van der Waals surface area contributed by atoms with E-state index in [2.05, 4.69) is 29.4 Å². The summed E-state index contributed by atoms with van der Waals surface area (Å²) in [6.07, 6.45) is 0. The standard InChI is InChI=1S/C23H25N5O2S/c1-14(2)12-27-21(30)17-7-5-6-8-19(17)28-22(27)25-26-23(28)31-13-20(29)24-18-10-9-15(3)11-16(18)4/h5-11,14H,12-13H2,1-4H3,(H,24,29). The molecule has 8 heteroatoms. The van der Waals surface area contributed by atoms with Gasteiger partial charge in [0.2, 0.25) is 11.7 Å². The first-order chi connectivity index (χ1) is 14.8. The third-order valence-corrected chi connectivity index (χ3v) is 5.94. The van der Waals surface area contributed by atoms with E-state index in [4.69, 9.17) is 0 Å². The number of carbonyl (C=O) groups excluding carboxylic acids is 1. The first-order valence-corrected chi connectivity index (χ1v) is 11.2. The minimum absolute atomic E-state index is 0.0756. The van der Waals surface area contributed by atoms with Crippen molar-refractivity contribution in [3.05, 3.63) is 63.9 Å². The van der Waals surface area contributed by atoms with Gasteiger partial charge in [0.05, 0.1) is 16.7 Å². The van der Waals surface area contributed by atoms with Crippen LogP contribution in [0.5, 0.6) is 0 Å². The molecule has 0 aliphatic carbocycles. The van der Waals surface area contributed by atoms with Crippen molar-refractivity contribution in [3.63, 3.8) is 0 Å². The second-order valence-electron chi connectivity index (χ2n) is 8.10. The van der Waals surface area contributed by atoms with Crippen LogP contribution in [0.4, 0.5) is 5.69 Å². The zero-order valence-corrected chi connectivity index (χ0v) is 18.9. The van der Waals surface area contributed by atoms with Gasteiger partial charge in [-0.2, -0.15) is 0 Å². The van der Waals surface area contributed by atoms with Crippen LogP contribution in [0.25, 0.3) is 16.7 Å². The molecule has 0 unspecified atom stereocenters. The number of para-hydroxylation sites is 1. The minimum Gasteiger partial charge on any atom is -0.325 e. The monoisotopic (exact) mass is 435 g/mol. The Hall–Kier alpha value is -3.13. The number of hydrogen-bond donors (Lipinski definition) is 1. The van der Waals surface area contributed by atoms with Gasteiger partial charge >= 0.3 is 0 Å². The second kappa shape index (κ2) is 8.55. The maximum Gasteiger partial charge on any atom is 0.262 e. The van der Waals surface area contributed by atoms with Gasteiger partial charge in [-0.05, 0) is 43.5 Å². The number of nitrogens with zero attached hydrogens (tertiary/aromatic N) is 4. The van der Waals surface area contributed by atoms with Gasteiger partial charge in [-0.1, -0.05) is 55.4 Å². The summed E-state index contributed by atoms with van der Waals surface area (Å²) in [4.78, 5) is 25.6. The molecular weight excluding hydrogens is 410 g/mol. The molecule has 2 aromatic heterocycles. The van der Waals surface area contributed by atoms with E-state index in [1.807, 2.05) is 60.7 Å². The molecule has 2 aromatic carbocycles. The molecule has 2 heterocycles. The Morgan fingerprint density at radius 3 is 2.65 bits per heavy atom. The highest BCUT2D eigenvalue weighted by atomic mass is 32.2. The molecule has 1 amide bonds. The number of aromatic nitrogens is 4. The predicted octanol–water partition coefficient (Wildman–Crippen LogP) is 4.05. The van der Waals surface area contributed by atoms with Crippen molar-refractivity contribution in [1.82, 2.24) is 19.2 Å². The van der Waals surface area contributed by atoms with E-state index in [0.29, 0.717) is 22.9 Å². The van der Waals surface area contributed by atoms with E-state index in [0.717, 1.165) is 22.3 Å². The molecular formula is C23H25N5O2S. The summed E-state index contributed by atoms with van der Waals surface area (Å²) < 4.78 is 3.54. The van der Waals surface area contributed by atoms with Crippen molar-refractivity contribution in [2.24, 2.45) is 5.92 Å². The molecule has 0 radical (unpaired) electrons. The van der Waals surface area contributed by atoms with Crippen molar-refractivity contribution in [2.75, 3.05) is 11.1 Å². The molecule has 7 nitrogen and oxygen atoms in total. The van der Waals surface area contributed by atoms with Gasteiger partial charge in [-0.15, -0.1) is 10.2 Å². The molecule has 31 heavy (non-hydrogen) atoms. The molecule has 1 N–H and O–H groups in total. The molecule has 0 aliphatic heterocycles. The van der Waals surface area contributed by atoms with Crippen molar-refractivity contribution >= 4 is 40.0 Å². The molecule has 4 rings (SSSR count). The van der Waals surface area contributed by atoms with Crippen LogP contribution in [0.3, 0.4) is 0 Å². The van der Waals surface area contributed by atoms with E-state index in [1.54, 1.807) is 4.57 Å². The number of thioether (sulfide) groups is 1. The number of rotatable bonds is 6. The van der Waals surface area contributed by atoms with Crippen LogP contribution >= 0.6 is 11.8 Å². The number of amides is 1. The van der Waals surface area contributed by atoms with Gasteiger partial charge < -0.3 is 5.32 Å². The van der Waals surface area contributed by atoms with E-state index < -0.39 is 0 Å². The summed E-state index contributed by atoms with van der Waals surface area (Å²) in [5.74, 6) is 0.841. The average molecular weight is 436 g/mol. The number of carbonyl (C=O) groups is 1. The fourth-order valence-electron chi connectivity index (χ4n) is 3.63. The lowest BCUT2D eigenvalue weighted by atomic mass is 10.1. The van der Waals surface area contributed by atoms with Gasteiger partial charge in [0.25, 0.3) is 5.56 Å². The third-order valence-electron chi connectivity index (χ3n) is 5.01. The number of aryl methyl sites for hydroxylation is 2. The normalized spacial score (nSPS) is 11.5. The van der Waals surface area contributed by atoms with Gasteiger partial charge in [0, 0.05) is 12.2 Å². The largest absolute Gasteiger partial charge is 0.325 e. The van der Waals surface area contributed by atoms with E-state index in [-0.39, 0.29) is 23.1 Å². The van der Waals surface area contributed by atoms with Crippen molar-refractivity contribution in [2.45, 2.75) is 39.4 Å². The van der Waals surface area contributed by atoms with Crippen LogP contribution in [0, 0.1) is 19.8 Å². The smallest absolute Gasteiger partial charge is 0.262 e. The van der Waals surface area contributed by atoms with Crippen molar-refractivity contribution in [3.8, 4) is 0 Å². The summed E-state index contributed by atoms with van der Waals surface area (Å²) in [5, 5.41) is 12.7. The Labute approximate surface area is 184 Å². The van der Waals surface area contributed by atoms with E-state index >= 15 is 0 Å². The molecule has 0 saturated heterocycles. The zero-order valence-electron chi connectivity index (χ0n) is 18.0. The fourth-order valence-corrected chi connectivity index (χ4v) is 4.37. The van der Waals surface area contributed by atoms with Crippen molar-refractivity contribution < 1.29 is 4.79 Å². The highest BCUT2D eigenvalue weighted by molar-refractivity contribution is 7.99. The summed E-state index contributed by atoms with van der Waals surface area (Å²) in [6, 6.07) is 13.4. The fraction of sp³-hybridized carbons (Fsp3) is 0.304. The van der Waals surface area contributed by atoms with Gasteiger partial charge in [0.15, 0.2) is 5.16 Å². The Morgan fingerprint density at radius 1 is 1.13 bits per heavy atom. The summed E-state index contributed by atoms with van der Waals surface area (Å²) in [7, 11) is 0. The lowest BCUT2D eigenvalue weighted by Crippen LogP contribution is -2.25. The highest BCUT2D eigenvalue weighted by Crippen LogP contribution is 2.23. The third kappa shape index (κ3) is 4.20. The molecule has 160 valence electrons. The van der Waals surface area contributed by atoms with Crippen LogP contribution in [0.2, 0.25) is 0 Å². The van der Waals surface area contributed by atoms with Gasteiger partial charge in [-0.25, -0.2) is 0 Å². The Balaban J connectivity index is 1.66. The topological polar surface area (TPSA) is 81.3 Å². The number of fused-ring (bicyclic) bond motifs is 3. The summed E-state index contributed by atoms with van der Waals surface area (Å²) >= 11 is 1.30. The van der Waals surface area contributed by atoms with Gasteiger partial charge in [-0.3, -0.25) is 18.6 Å². The Bertz CT molecular complexity index is 1340. The van der Waals surface area contributed by atoms with Crippen LogP contribution in [0.1, 0.15) is 25.0 Å². The Kier molecular flexibility index (Phi) is 5.82. The number of nitrogens with one attached hydrogen (secondary N) is 1. The predicted molar refractivity (Wildman–Crippen MR) is 125 cm³/mol. The number of anilines is 1. The molecule has 0 atom stereocenters. The lowest BCUT2D eigenvalue weighted by molar-refractivity contribution is -0.113. The minimum atomic E-state index is -0.117. The quantitative estimate of drug-likeness (QED) is 0.462.